The van der Waals surface area contributed by atoms with E-state index in [0.29, 0.717) is 6.54 Å². The lowest BCUT2D eigenvalue weighted by atomic mass is 9.72. The molecule has 4 aliphatic rings. The molecule has 1 spiro atoms. The molecule has 3 aliphatic heterocycles. The Morgan fingerprint density at radius 3 is 2.55 bits per heavy atom. The Balaban J connectivity index is 1.39. The zero-order chi connectivity index (χ0) is 22.6. The van der Waals surface area contributed by atoms with Crippen LogP contribution in [0, 0.1) is 12.8 Å². The van der Waals surface area contributed by atoms with Crippen molar-refractivity contribution < 1.29 is 14.3 Å². The third-order valence-electron chi connectivity index (χ3n) is 7.98. The van der Waals surface area contributed by atoms with Crippen LogP contribution in [0.3, 0.4) is 0 Å². The van der Waals surface area contributed by atoms with E-state index in [1.807, 2.05) is 43.3 Å². The summed E-state index contributed by atoms with van der Waals surface area (Å²) < 4.78 is 6.57. The van der Waals surface area contributed by atoms with Crippen LogP contribution in [0.4, 0.5) is 0 Å². The lowest BCUT2D eigenvalue weighted by Gasteiger charge is -2.33. The van der Waals surface area contributed by atoms with Crippen molar-refractivity contribution in [2.45, 2.75) is 68.9 Å². The molecular weight excluding hydrogens is 412 g/mol. The first-order chi connectivity index (χ1) is 16.1. The number of likely N-dealkylation sites (tertiary alicyclic amines) is 1. The zero-order valence-electron chi connectivity index (χ0n) is 18.9. The summed E-state index contributed by atoms with van der Waals surface area (Å²) in [5.74, 6) is -0.528. The molecule has 0 aromatic heterocycles. The number of carbonyl (C=O) groups is 2. The van der Waals surface area contributed by atoms with E-state index in [-0.39, 0.29) is 35.8 Å². The van der Waals surface area contributed by atoms with Crippen LogP contribution in [-0.4, -0.2) is 40.5 Å². The quantitative estimate of drug-likeness (QED) is 0.715. The molecule has 1 saturated carbocycles. The van der Waals surface area contributed by atoms with Gasteiger partial charge in [-0.15, -0.1) is 0 Å². The third kappa shape index (κ3) is 3.24. The topological polar surface area (TPSA) is 58.6 Å². The molecule has 170 valence electrons. The Labute approximate surface area is 194 Å². The van der Waals surface area contributed by atoms with E-state index in [1.165, 1.54) is 5.56 Å². The highest BCUT2D eigenvalue weighted by atomic mass is 16.5. The molecule has 2 bridgehead atoms. The Morgan fingerprint density at radius 1 is 1.09 bits per heavy atom. The minimum atomic E-state index is -0.907. The number of nitrogens with zero attached hydrogens (tertiary/aromatic N) is 1. The van der Waals surface area contributed by atoms with Crippen LogP contribution in [0.25, 0.3) is 0 Å². The van der Waals surface area contributed by atoms with Crippen molar-refractivity contribution in [2.24, 2.45) is 5.92 Å². The SMILES string of the molecule is Cc1ccc(CN2C(=O)[C@@H]3[C@H](c4ccccc4)[C@H]4C=C[C@@]3(O4)[C@H]2C(=O)NC2CCCC2)cc1. The molecule has 5 heteroatoms. The van der Waals surface area contributed by atoms with Gasteiger partial charge < -0.3 is 15.0 Å². The average molecular weight is 443 g/mol. The van der Waals surface area contributed by atoms with Gasteiger partial charge in [-0.2, -0.15) is 0 Å². The maximum atomic E-state index is 14.0. The van der Waals surface area contributed by atoms with Crippen LogP contribution in [0.15, 0.2) is 66.7 Å². The average Bonchev–Trinajstić information content (AvgIpc) is 3.59. The second-order valence-electron chi connectivity index (χ2n) is 10.1. The number of aryl methyl sites for hydroxylation is 1. The van der Waals surface area contributed by atoms with Gasteiger partial charge in [-0.05, 0) is 30.9 Å². The maximum Gasteiger partial charge on any atom is 0.246 e. The molecule has 33 heavy (non-hydrogen) atoms. The van der Waals surface area contributed by atoms with Crippen LogP contribution >= 0.6 is 0 Å². The fourth-order valence-corrected chi connectivity index (χ4v) is 6.44. The summed E-state index contributed by atoms with van der Waals surface area (Å²) in [6, 6.07) is 17.9. The number of carbonyl (C=O) groups excluding carboxylic acids is 2. The first kappa shape index (κ1) is 20.7. The Kier molecular flexibility index (Phi) is 4.91. The van der Waals surface area contributed by atoms with E-state index in [0.717, 1.165) is 36.8 Å². The van der Waals surface area contributed by atoms with Gasteiger partial charge >= 0.3 is 0 Å². The number of rotatable bonds is 5. The normalized spacial score (nSPS) is 32.5. The molecule has 0 unspecified atom stereocenters. The Hall–Kier alpha value is -2.92. The standard InChI is InChI=1S/C28H30N2O3/c1-18-11-13-19(14-12-18)17-30-25(26(31)29-21-9-5-6-10-21)28-16-15-22(33-28)23(24(28)27(30)32)20-7-3-2-4-8-20/h2-4,7-8,11-16,21-25H,5-6,9-10,17H2,1H3,(H,29,31)/t22-,23-,24+,25-,28+/m1/s1. The van der Waals surface area contributed by atoms with Gasteiger partial charge in [0.25, 0.3) is 0 Å². The van der Waals surface area contributed by atoms with Gasteiger partial charge in [0.05, 0.1) is 12.0 Å². The Bertz CT molecular complexity index is 1090. The van der Waals surface area contributed by atoms with E-state index in [2.05, 4.69) is 35.7 Å². The fourth-order valence-electron chi connectivity index (χ4n) is 6.44. The van der Waals surface area contributed by atoms with Gasteiger partial charge in [-0.3, -0.25) is 9.59 Å². The second kappa shape index (κ2) is 7.84. The van der Waals surface area contributed by atoms with Crippen LogP contribution < -0.4 is 5.32 Å². The van der Waals surface area contributed by atoms with Gasteiger partial charge in [0.2, 0.25) is 11.8 Å². The molecule has 3 heterocycles. The smallest absolute Gasteiger partial charge is 0.246 e. The highest BCUT2D eigenvalue weighted by molar-refractivity contribution is 5.97. The summed E-state index contributed by atoms with van der Waals surface area (Å²) >= 11 is 0. The maximum absolute atomic E-state index is 14.0. The van der Waals surface area contributed by atoms with E-state index >= 15 is 0 Å². The van der Waals surface area contributed by atoms with Crippen LogP contribution in [0.2, 0.25) is 0 Å². The minimum absolute atomic E-state index is 0.0165. The number of hydrogen-bond acceptors (Lipinski definition) is 3. The van der Waals surface area contributed by atoms with Crippen molar-refractivity contribution >= 4 is 11.8 Å². The summed E-state index contributed by atoms with van der Waals surface area (Å²) in [7, 11) is 0. The zero-order valence-corrected chi connectivity index (χ0v) is 18.9. The monoisotopic (exact) mass is 442 g/mol. The summed E-state index contributed by atoms with van der Waals surface area (Å²) in [5, 5.41) is 3.26. The molecule has 2 saturated heterocycles. The van der Waals surface area contributed by atoms with Gasteiger partial charge in [-0.1, -0.05) is 85.2 Å². The number of hydrogen-bond donors (Lipinski definition) is 1. The van der Waals surface area contributed by atoms with Crippen LogP contribution in [0.5, 0.6) is 0 Å². The van der Waals surface area contributed by atoms with Gasteiger partial charge in [-0.25, -0.2) is 0 Å². The lowest BCUT2D eigenvalue weighted by Crippen LogP contribution is -2.55. The Morgan fingerprint density at radius 2 is 1.82 bits per heavy atom. The van der Waals surface area contributed by atoms with E-state index in [4.69, 9.17) is 4.74 Å². The fraction of sp³-hybridized carbons (Fsp3) is 0.429. The molecule has 3 fully saturated rings. The minimum Gasteiger partial charge on any atom is -0.359 e. The van der Waals surface area contributed by atoms with Gasteiger partial charge in [0, 0.05) is 18.5 Å². The molecule has 1 aliphatic carbocycles. The third-order valence-corrected chi connectivity index (χ3v) is 7.98. The molecule has 0 radical (unpaired) electrons. The molecule has 1 N–H and O–H groups in total. The summed E-state index contributed by atoms with van der Waals surface area (Å²) in [6.07, 6.45) is 8.19. The summed E-state index contributed by atoms with van der Waals surface area (Å²) in [4.78, 5) is 29.5. The van der Waals surface area contributed by atoms with Crippen molar-refractivity contribution in [2.75, 3.05) is 0 Å². The van der Waals surface area contributed by atoms with E-state index < -0.39 is 11.6 Å². The highest BCUT2D eigenvalue weighted by Crippen LogP contribution is 2.58. The van der Waals surface area contributed by atoms with Gasteiger partial charge in [0.15, 0.2) is 0 Å². The largest absolute Gasteiger partial charge is 0.359 e. The number of benzene rings is 2. The van der Waals surface area contributed by atoms with Crippen LogP contribution in [-0.2, 0) is 20.9 Å². The van der Waals surface area contributed by atoms with E-state index in [1.54, 1.807) is 4.90 Å². The van der Waals surface area contributed by atoms with Crippen molar-refractivity contribution in [3.8, 4) is 0 Å². The number of amides is 2. The van der Waals surface area contributed by atoms with Gasteiger partial charge in [0.1, 0.15) is 11.6 Å². The molecule has 2 amide bonds. The van der Waals surface area contributed by atoms with Crippen molar-refractivity contribution in [1.82, 2.24) is 10.2 Å². The molecule has 2 aromatic rings. The first-order valence-electron chi connectivity index (χ1n) is 12.2. The second-order valence-corrected chi connectivity index (χ2v) is 10.1. The van der Waals surface area contributed by atoms with Crippen molar-refractivity contribution in [3.63, 3.8) is 0 Å². The predicted molar refractivity (Wildman–Crippen MR) is 125 cm³/mol. The highest BCUT2D eigenvalue weighted by Gasteiger charge is 2.71. The summed E-state index contributed by atoms with van der Waals surface area (Å²) in [6.45, 7) is 2.46. The van der Waals surface area contributed by atoms with Crippen LogP contribution in [0.1, 0.15) is 48.3 Å². The molecule has 2 aromatic carbocycles. The molecular formula is C28H30N2O3. The predicted octanol–water partition coefficient (Wildman–Crippen LogP) is 3.87. The van der Waals surface area contributed by atoms with E-state index in [9.17, 15) is 9.59 Å². The molecule has 5 atom stereocenters. The summed E-state index contributed by atoms with van der Waals surface area (Å²) in [5.41, 5.74) is 2.39. The van der Waals surface area contributed by atoms with Crippen molar-refractivity contribution in [1.29, 1.82) is 0 Å². The molecule has 5 nitrogen and oxygen atoms in total. The first-order valence-corrected chi connectivity index (χ1v) is 12.2. The number of fused-ring (bicyclic) bond motifs is 1. The molecule has 6 rings (SSSR count). The lowest BCUT2D eigenvalue weighted by molar-refractivity contribution is -0.140. The number of ether oxygens (including phenoxy) is 1. The number of nitrogens with one attached hydrogen (secondary N) is 1. The van der Waals surface area contributed by atoms with Crippen molar-refractivity contribution in [3.05, 3.63) is 83.4 Å².